The molecule has 2 N–H and O–H groups in total. The lowest BCUT2D eigenvalue weighted by Crippen LogP contribution is -2.31. The van der Waals surface area contributed by atoms with Crippen molar-refractivity contribution in [1.82, 2.24) is 5.32 Å². The normalized spacial score (nSPS) is 9.94. The highest BCUT2D eigenvalue weighted by Crippen LogP contribution is 2.25. The SMILES string of the molecule is COCCNC(=O)Nc1cc(Br)ccc1Br. The van der Waals surface area contributed by atoms with Gasteiger partial charge in [0.25, 0.3) is 0 Å². The molecule has 88 valence electrons. The van der Waals surface area contributed by atoms with Gasteiger partial charge >= 0.3 is 6.03 Å². The fraction of sp³-hybridized carbons (Fsp3) is 0.300. The predicted octanol–water partition coefficient (Wildman–Crippen LogP) is 2.98. The number of nitrogens with one attached hydrogen (secondary N) is 2. The Bertz CT molecular complexity index is 372. The van der Waals surface area contributed by atoms with Gasteiger partial charge < -0.3 is 15.4 Å². The van der Waals surface area contributed by atoms with Gasteiger partial charge in [0.1, 0.15) is 0 Å². The van der Waals surface area contributed by atoms with Gasteiger partial charge in [-0.3, -0.25) is 0 Å². The number of carbonyl (C=O) groups is 1. The van der Waals surface area contributed by atoms with Gasteiger partial charge in [0.15, 0.2) is 0 Å². The molecular weight excluding hydrogens is 340 g/mol. The molecule has 16 heavy (non-hydrogen) atoms. The van der Waals surface area contributed by atoms with Crippen molar-refractivity contribution in [3.8, 4) is 0 Å². The smallest absolute Gasteiger partial charge is 0.319 e. The number of benzene rings is 1. The van der Waals surface area contributed by atoms with E-state index in [1.807, 2.05) is 18.2 Å². The zero-order valence-corrected chi connectivity index (χ0v) is 11.9. The van der Waals surface area contributed by atoms with Gasteiger partial charge in [0, 0.05) is 22.6 Å². The van der Waals surface area contributed by atoms with Crippen LogP contribution in [0.2, 0.25) is 0 Å². The molecule has 0 saturated carbocycles. The molecule has 0 aromatic heterocycles. The highest BCUT2D eigenvalue weighted by Gasteiger charge is 2.04. The topological polar surface area (TPSA) is 50.4 Å². The minimum Gasteiger partial charge on any atom is -0.383 e. The van der Waals surface area contributed by atoms with Crippen LogP contribution in [0.25, 0.3) is 0 Å². The number of carbonyl (C=O) groups excluding carboxylic acids is 1. The predicted molar refractivity (Wildman–Crippen MR) is 70.7 cm³/mol. The number of hydrogen-bond donors (Lipinski definition) is 2. The first-order valence-corrected chi connectivity index (χ1v) is 6.21. The molecule has 0 spiro atoms. The van der Waals surface area contributed by atoms with Crippen molar-refractivity contribution in [2.75, 3.05) is 25.6 Å². The van der Waals surface area contributed by atoms with Crippen molar-refractivity contribution in [2.45, 2.75) is 0 Å². The maximum absolute atomic E-state index is 11.4. The van der Waals surface area contributed by atoms with E-state index in [1.165, 1.54) is 0 Å². The van der Waals surface area contributed by atoms with Crippen LogP contribution in [0, 0.1) is 0 Å². The second-order valence-electron chi connectivity index (χ2n) is 3.00. The second kappa shape index (κ2) is 6.88. The summed E-state index contributed by atoms with van der Waals surface area (Å²) in [4.78, 5) is 11.4. The molecular formula is C10H12Br2N2O2. The van der Waals surface area contributed by atoms with E-state index in [1.54, 1.807) is 7.11 Å². The Morgan fingerprint density at radius 2 is 2.19 bits per heavy atom. The summed E-state index contributed by atoms with van der Waals surface area (Å²) in [5.41, 5.74) is 0.712. The van der Waals surface area contributed by atoms with Crippen LogP contribution in [-0.4, -0.2) is 26.3 Å². The largest absolute Gasteiger partial charge is 0.383 e. The number of ether oxygens (including phenoxy) is 1. The van der Waals surface area contributed by atoms with Crippen LogP contribution in [0.3, 0.4) is 0 Å². The average Bonchev–Trinajstić information content (AvgIpc) is 2.24. The molecule has 1 aromatic carbocycles. The van der Waals surface area contributed by atoms with Crippen molar-refractivity contribution < 1.29 is 9.53 Å². The first-order valence-electron chi connectivity index (χ1n) is 4.62. The summed E-state index contributed by atoms with van der Waals surface area (Å²) in [5.74, 6) is 0. The lowest BCUT2D eigenvalue weighted by Gasteiger charge is -2.09. The quantitative estimate of drug-likeness (QED) is 0.819. The number of hydrogen-bond acceptors (Lipinski definition) is 2. The van der Waals surface area contributed by atoms with Crippen molar-refractivity contribution in [2.24, 2.45) is 0 Å². The number of methoxy groups -OCH3 is 1. The summed E-state index contributed by atoms with van der Waals surface area (Å²) in [6, 6.07) is 5.31. The average molecular weight is 352 g/mol. The molecule has 0 atom stereocenters. The molecule has 0 fully saturated rings. The Balaban J connectivity index is 2.52. The van der Waals surface area contributed by atoms with Crippen LogP contribution in [-0.2, 0) is 4.74 Å². The zero-order chi connectivity index (χ0) is 12.0. The Morgan fingerprint density at radius 1 is 1.44 bits per heavy atom. The zero-order valence-electron chi connectivity index (χ0n) is 8.72. The maximum Gasteiger partial charge on any atom is 0.319 e. The summed E-state index contributed by atoms with van der Waals surface area (Å²) in [5, 5.41) is 5.40. The summed E-state index contributed by atoms with van der Waals surface area (Å²) in [6.07, 6.45) is 0. The number of urea groups is 1. The second-order valence-corrected chi connectivity index (χ2v) is 4.77. The fourth-order valence-electron chi connectivity index (χ4n) is 1.03. The Kier molecular flexibility index (Phi) is 5.79. The van der Waals surface area contributed by atoms with Crippen LogP contribution in [0.15, 0.2) is 27.1 Å². The van der Waals surface area contributed by atoms with Gasteiger partial charge in [-0.25, -0.2) is 4.79 Å². The summed E-state index contributed by atoms with van der Waals surface area (Å²) in [7, 11) is 1.59. The maximum atomic E-state index is 11.4. The van der Waals surface area contributed by atoms with Gasteiger partial charge in [-0.2, -0.15) is 0 Å². The van der Waals surface area contributed by atoms with E-state index in [4.69, 9.17) is 4.74 Å². The lowest BCUT2D eigenvalue weighted by molar-refractivity contribution is 0.198. The molecule has 6 heteroatoms. The first-order chi connectivity index (χ1) is 7.63. The molecule has 0 saturated heterocycles. The molecule has 1 aromatic rings. The third-order valence-electron chi connectivity index (χ3n) is 1.77. The molecule has 0 aliphatic rings. The molecule has 0 heterocycles. The minimum absolute atomic E-state index is 0.254. The number of rotatable bonds is 4. The van der Waals surface area contributed by atoms with E-state index in [-0.39, 0.29) is 6.03 Å². The van der Waals surface area contributed by atoms with E-state index in [0.29, 0.717) is 18.8 Å². The van der Waals surface area contributed by atoms with E-state index < -0.39 is 0 Å². The highest BCUT2D eigenvalue weighted by atomic mass is 79.9. The van der Waals surface area contributed by atoms with Gasteiger partial charge in [0.2, 0.25) is 0 Å². The number of halogens is 2. The van der Waals surface area contributed by atoms with E-state index in [0.717, 1.165) is 8.95 Å². The van der Waals surface area contributed by atoms with Gasteiger partial charge in [0.05, 0.1) is 12.3 Å². The van der Waals surface area contributed by atoms with Crippen LogP contribution < -0.4 is 10.6 Å². The molecule has 2 amide bonds. The summed E-state index contributed by atoms with van der Waals surface area (Å²) in [6.45, 7) is 0.973. The third-order valence-corrected chi connectivity index (χ3v) is 2.95. The van der Waals surface area contributed by atoms with Crippen LogP contribution in [0.5, 0.6) is 0 Å². The number of amides is 2. The van der Waals surface area contributed by atoms with Gasteiger partial charge in [-0.1, -0.05) is 15.9 Å². The molecule has 0 aliphatic carbocycles. The van der Waals surface area contributed by atoms with Crippen molar-refractivity contribution in [3.05, 3.63) is 27.1 Å². The van der Waals surface area contributed by atoms with Gasteiger partial charge in [-0.15, -0.1) is 0 Å². The molecule has 0 bridgehead atoms. The van der Waals surface area contributed by atoms with Crippen molar-refractivity contribution in [3.63, 3.8) is 0 Å². The lowest BCUT2D eigenvalue weighted by atomic mass is 10.3. The molecule has 0 radical (unpaired) electrons. The monoisotopic (exact) mass is 350 g/mol. The Labute approximate surface area is 111 Å². The molecule has 0 aliphatic heterocycles. The van der Waals surface area contributed by atoms with E-state index >= 15 is 0 Å². The van der Waals surface area contributed by atoms with E-state index in [2.05, 4.69) is 42.5 Å². The Hall–Kier alpha value is -0.590. The first kappa shape index (κ1) is 13.5. The van der Waals surface area contributed by atoms with Crippen LogP contribution in [0.1, 0.15) is 0 Å². The number of anilines is 1. The minimum atomic E-state index is -0.254. The summed E-state index contributed by atoms with van der Waals surface area (Å²) < 4.78 is 6.56. The van der Waals surface area contributed by atoms with Crippen molar-refractivity contribution >= 4 is 43.6 Å². The third kappa shape index (κ3) is 4.51. The highest BCUT2D eigenvalue weighted by molar-refractivity contribution is 9.11. The van der Waals surface area contributed by atoms with Crippen LogP contribution in [0.4, 0.5) is 10.5 Å². The molecule has 1 rings (SSSR count). The van der Waals surface area contributed by atoms with Crippen molar-refractivity contribution in [1.29, 1.82) is 0 Å². The molecule has 4 nitrogen and oxygen atoms in total. The fourth-order valence-corrected chi connectivity index (χ4v) is 1.73. The molecule has 0 unspecified atom stereocenters. The summed E-state index contributed by atoms with van der Waals surface area (Å²) >= 11 is 6.69. The standard InChI is InChI=1S/C10H12Br2N2O2/c1-16-5-4-13-10(15)14-9-6-7(11)2-3-8(9)12/h2-3,6H,4-5H2,1H3,(H2,13,14,15). The van der Waals surface area contributed by atoms with Gasteiger partial charge in [-0.05, 0) is 34.1 Å². The van der Waals surface area contributed by atoms with Crippen LogP contribution >= 0.6 is 31.9 Å². The van der Waals surface area contributed by atoms with E-state index in [9.17, 15) is 4.79 Å². The Morgan fingerprint density at radius 3 is 2.88 bits per heavy atom.